The van der Waals surface area contributed by atoms with Gasteiger partial charge >= 0.3 is 0 Å². The lowest BCUT2D eigenvalue weighted by Gasteiger charge is -2.26. The summed E-state index contributed by atoms with van der Waals surface area (Å²) in [5.41, 5.74) is 0.655. The van der Waals surface area contributed by atoms with Gasteiger partial charge in [-0.2, -0.15) is 0 Å². The highest BCUT2D eigenvalue weighted by atomic mass is 32.1. The van der Waals surface area contributed by atoms with Crippen molar-refractivity contribution in [1.29, 1.82) is 0 Å². The standard InChI is InChI=1S/C15H20FN3S/c1-4-17-10-12-7-8-18-15(14(12)16)19(3)11(2)13-6-5-9-20-13/h5-9,11,17H,4,10H2,1-3H3. The Morgan fingerprint density at radius 2 is 2.25 bits per heavy atom. The SMILES string of the molecule is CCNCc1ccnc(N(C)C(C)c2cccs2)c1F. The van der Waals surface area contributed by atoms with E-state index in [-0.39, 0.29) is 11.9 Å². The first-order valence-electron chi connectivity index (χ1n) is 6.75. The Kier molecular flexibility index (Phi) is 5.09. The number of anilines is 1. The number of halogens is 1. The van der Waals surface area contributed by atoms with E-state index in [9.17, 15) is 4.39 Å². The van der Waals surface area contributed by atoms with Crippen molar-refractivity contribution in [1.82, 2.24) is 10.3 Å². The van der Waals surface area contributed by atoms with Gasteiger partial charge in [0.15, 0.2) is 11.6 Å². The van der Waals surface area contributed by atoms with E-state index in [1.807, 2.05) is 30.3 Å². The largest absolute Gasteiger partial charge is 0.350 e. The van der Waals surface area contributed by atoms with Crippen molar-refractivity contribution in [2.24, 2.45) is 0 Å². The second-order valence-corrected chi connectivity index (χ2v) is 5.67. The minimum absolute atomic E-state index is 0.103. The number of hydrogen-bond donors (Lipinski definition) is 1. The molecule has 0 saturated carbocycles. The summed E-state index contributed by atoms with van der Waals surface area (Å²) in [4.78, 5) is 7.29. The van der Waals surface area contributed by atoms with Gasteiger partial charge in [-0.05, 0) is 31.0 Å². The van der Waals surface area contributed by atoms with Crippen molar-refractivity contribution in [2.75, 3.05) is 18.5 Å². The molecule has 1 N–H and O–H groups in total. The number of nitrogens with zero attached hydrogens (tertiary/aromatic N) is 2. The van der Waals surface area contributed by atoms with E-state index >= 15 is 0 Å². The van der Waals surface area contributed by atoms with Crippen molar-refractivity contribution in [3.63, 3.8) is 0 Å². The molecule has 5 heteroatoms. The van der Waals surface area contributed by atoms with E-state index < -0.39 is 0 Å². The Bertz CT molecular complexity index is 542. The van der Waals surface area contributed by atoms with E-state index in [0.717, 1.165) is 6.54 Å². The summed E-state index contributed by atoms with van der Waals surface area (Å²) in [6.07, 6.45) is 1.67. The minimum Gasteiger partial charge on any atom is -0.350 e. The van der Waals surface area contributed by atoms with Gasteiger partial charge in [-0.25, -0.2) is 9.37 Å². The van der Waals surface area contributed by atoms with Gasteiger partial charge in [0.25, 0.3) is 0 Å². The van der Waals surface area contributed by atoms with Crippen LogP contribution in [0.4, 0.5) is 10.2 Å². The maximum atomic E-state index is 14.5. The molecule has 108 valence electrons. The van der Waals surface area contributed by atoms with E-state index in [4.69, 9.17) is 0 Å². The summed E-state index contributed by atoms with van der Waals surface area (Å²) in [5, 5.41) is 5.18. The Balaban J connectivity index is 2.23. The van der Waals surface area contributed by atoms with Crippen LogP contribution in [-0.2, 0) is 6.54 Å². The molecule has 2 heterocycles. The van der Waals surface area contributed by atoms with E-state index in [1.54, 1.807) is 23.6 Å². The molecule has 0 aliphatic carbocycles. The molecule has 0 bridgehead atoms. The molecule has 0 aliphatic heterocycles. The first kappa shape index (κ1) is 14.9. The molecule has 3 nitrogen and oxygen atoms in total. The molecule has 0 aliphatic rings. The number of thiophene rings is 1. The minimum atomic E-state index is -0.237. The molecule has 0 aromatic carbocycles. The number of rotatable bonds is 6. The Morgan fingerprint density at radius 1 is 1.45 bits per heavy atom. The molecule has 0 spiro atoms. The lowest BCUT2D eigenvalue weighted by Crippen LogP contribution is -2.24. The molecule has 0 radical (unpaired) electrons. The zero-order chi connectivity index (χ0) is 14.5. The summed E-state index contributed by atoms with van der Waals surface area (Å²) in [6.45, 7) is 5.41. The van der Waals surface area contributed by atoms with Crippen molar-refractivity contribution in [2.45, 2.75) is 26.4 Å². The van der Waals surface area contributed by atoms with Gasteiger partial charge < -0.3 is 10.2 Å². The topological polar surface area (TPSA) is 28.2 Å². The molecule has 0 saturated heterocycles. The lowest BCUT2D eigenvalue weighted by atomic mass is 10.2. The third-order valence-electron chi connectivity index (χ3n) is 3.39. The molecule has 0 fully saturated rings. The number of aromatic nitrogens is 1. The average molecular weight is 293 g/mol. The quantitative estimate of drug-likeness (QED) is 0.882. The van der Waals surface area contributed by atoms with Crippen LogP contribution < -0.4 is 10.2 Å². The van der Waals surface area contributed by atoms with Crippen LogP contribution in [-0.4, -0.2) is 18.6 Å². The van der Waals surface area contributed by atoms with Crippen molar-refractivity contribution >= 4 is 17.2 Å². The molecule has 1 atom stereocenters. The van der Waals surface area contributed by atoms with Gasteiger partial charge in [-0.1, -0.05) is 13.0 Å². The summed E-state index contributed by atoms with van der Waals surface area (Å²) >= 11 is 1.67. The summed E-state index contributed by atoms with van der Waals surface area (Å²) < 4.78 is 14.5. The summed E-state index contributed by atoms with van der Waals surface area (Å²) in [7, 11) is 1.88. The van der Waals surface area contributed by atoms with Gasteiger partial charge in [-0.3, -0.25) is 0 Å². The molecular weight excluding hydrogens is 273 g/mol. The predicted molar refractivity (Wildman–Crippen MR) is 82.7 cm³/mol. The zero-order valence-electron chi connectivity index (χ0n) is 12.1. The molecule has 0 amide bonds. The van der Waals surface area contributed by atoms with Crippen LogP contribution >= 0.6 is 11.3 Å². The fourth-order valence-electron chi connectivity index (χ4n) is 2.02. The molecule has 2 rings (SSSR count). The monoisotopic (exact) mass is 293 g/mol. The molecule has 20 heavy (non-hydrogen) atoms. The fraction of sp³-hybridized carbons (Fsp3) is 0.400. The van der Waals surface area contributed by atoms with Gasteiger partial charge in [-0.15, -0.1) is 11.3 Å². The van der Waals surface area contributed by atoms with Gasteiger partial charge in [0.05, 0.1) is 6.04 Å². The van der Waals surface area contributed by atoms with Crippen molar-refractivity contribution in [3.05, 3.63) is 46.0 Å². The Morgan fingerprint density at radius 3 is 2.90 bits per heavy atom. The second-order valence-electron chi connectivity index (χ2n) is 4.69. The number of pyridine rings is 1. The van der Waals surface area contributed by atoms with Crippen LogP contribution in [0.2, 0.25) is 0 Å². The first-order chi connectivity index (χ1) is 9.65. The highest BCUT2D eigenvalue weighted by molar-refractivity contribution is 7.10. The van der Waals surface area contributed by atoms with Gasteiger partial charge in [0, 0.05) is 30.2 Å². The Labute approximate surface area is 123 Å². The number of hydrogen-bond acceptors (Lipinski definition) is 4. The van der Waals surface area contributed by atoms with E-state index in [2.05, 4.69) is 23.3 Å². The third kappa shape index (κ3) is 3.16. The Hall–Kier alpha value is -1.46. The third-order valence-corrected chi connectivity index (χ3v) is 4.43. The fourth-order valence-corrected chi connectivity index (χ4v) is 2.84. The van der Waals surface area contributed by atoms with Crippen LogP contribution in [0.3, 0.4) is 0 Å². The van der Waals surface area contributed by atoms with Crippen molar-refractivity contribution < 1.29 is 4.39 Å². The van der Waals surface area contributed by atoms with E-state index in [0.29, 0.717) is 17.9 Å². The lowest BCUT2D eigenvalue weighted by molar-refractivity contribution is 0.576. The van der Waals surface area contributed by atoms with Crippen LogP contribution in [0, 0.1) is 5.82 Å². The van der Waals surface area contributed by atoms with E-state index in [1.165, 1.54) is 4.88 Å². The smallest absolute Gasteiger partial charge is 0.170 e. The highest BCUT2D eigenvalue weighted by Crippen LogP contribution is 2.29. The predicted octanol–water partition coefficient (Wildman–Crippen LogP) is 3.59. The first-order valence-corrected chi connectivity index (χ1v) is 7.63. The summed E-state index contributed by atoms with van der Waals surface area (Å²) in [6, 6.07) is 5.90. The summed E-state index contributed by atoms with van der Waals surface area (Å²) in [5.74, 6) is 0.167. The van der Waals surface area contributed by atoms with Crippen LogP contribution in [0.25, 0.3) is 0 Å². The highest BCUT2D eigenvalue weighted by Gasteiger charge is 2.19. The molecule has 2 aromatic rings. The van der Waals surface area contributed by atoms with Crippen molar-refractivity contribution in [3.8, 4) is 0 Å². The maximum absolute atomic E-state index is 14.5. The molecule has 2 aromatic heterocycles. The van der Waals surface area contributed by atoms with Crippen LogP contribution in [0.5, 0.6) is 0 Å². The molecule has 1 unspecified atom stereocenters. The van der Waals surface area contributed by atoms with Gasteiger partial charge in [0.1, 0.15) is 0 Å². The second kappa shape index (κ2) is 6.81. The normalized spacial score (nSPS) is 12.4. The zero-order valence-corrected chi connectivity index (χ0v) is 12.9. The van der Waals surface area contributed by atoms with Crippen LogP contribution in [0.15, 0.2) is 29.8 Å². The average Bonchev–Trinajstić information content (AvgIpc) is 2.99. The number of nitrogens with one attached hydrogen (secondary N) is 1. The molecular formula is C15H20FN3S. The maximum Gasteiger partial charge on any atom is 0.170 e. The van der Waals surface area contributed by atoms with Gasteiger partial charge in [0.2, 0.25) is 0 Å². The van der Waals surface area contributed by atoms with Crippen LogP contribution in [0.1, 0.15) is 30.3 Å².